The molecule has 4 nitrogen and oxygen atoms in total. The van der Waals surface area contributed by atoms with Gasteiger partial charge < -0.3 is 4.90 Å². The molecule has 2 rings (SSSR count). The Hall–Kier alpha value is -0.980. The minimum Gasteiger partial charge on any atom is -0.303 e. The molecular formula is C15H23FN2O2S. The normalized spacial score (nSPS) is 18.6. The molecule has 1 saturated heterocycles. The van der Waals surface area contributed by atoms with Crippen LogP contribution in [0.3, 0.4) is 0 Å². The van der Waals surface area contributed by atoms with Crippen molar-refractivity contribution < 1.29 is 12.8 Å². The summed E-state index contributed by atoms with van der Waals surface area (Å²) in [6.07, 6.45) is 3.75. The summed E-state index contributed by atoms with van der Waals surface area (Å²) in [4.78, 5) is 2.49. The SMILES string of the molecule is CC(CNS(=O)(=O)c1ccc(F)cc1)CN1CCCCC1. The molecule has 0 amide bonds. The highest BCUT2D eigenvalue weighted by Crippen LogP contribution is 2.12. The molecule has 6 heteroatoms. The van der Waals surface area contributed by atoms with Gasteiger partial charge in [-0.25, -0.2) is 17.5 Å². The Morgan fingerprint density at radius 3 is 2.43 bits per heavy atom. The highest BCUT2D eigenvalue weighted by Gasteiger charge is 2.17. The number of piperidine rings is 1. The first-order chi connectivity index (χ1) is 9.97. The number of hydrogen-bond donors (Lipinski definition) is 1. The summed E-state index contributed by atoms with van der Waals surface area (Å²) >= 11 is 0. The lowest BCUT2D eigenvalue weighted by atomic mass is 10.1. The monoisotopic (exact) mass is 314 g/mol. The smallest absolute Gasteiger partial charge is 0.240 e. The molecule has 0 bridgehead atoms. The van der Waals surface area contributed by atoms with E-state index in [1.165, 1.54) is 31.4 Å². The number of sulfonamides is 1. The molecule has 0 aromatic heterocycles. The van der Waals surface area contributed by atoms with Crippen LogP contribution in [0.2, 0.25) is 0 Å². The van der Waals surface area contributed by atoms with Gasteiger partial charge in [0.15, 0.2) is 0 Å². The number of halogens is 1. The third-order valence-electron chi connectivity index (χ3n) is 3.76. The third-order valence-corrected chi connectivity index (χ3v) is 5.20. The fraction of sp³-hybridized carbons (Fsp3) is 0.600. The molecule has 0 saturated carbocycles. The van der Waals surface area contributed by atoms with Crippen molar-refractivity contribution >= 4 is 10.0 Å². The van der Waals surface area contributed by atoms with Crippen LogP contribution in [0.5, 0.6) is 0 Å². The Bertz CT molecular complexity index is 539. The number of hydrogen-bond acceptors (Lipinski definition) is 3. The van der Waals surface area contributed by atoms with Crippen LogP contribution in [-0.2, 0) is 10.0 Å². The zero-order valence-electron chi connectivity index (χ0n) is 12.4. The van der Waals surface area contributed by atoms with Gasteiger partial charge in [0.2, 0.25) is 10.0 Å². The summed E-state index contributed by atoms with van der Waals surface area (Å²) in [6, 6.07) is 4.89. The van der Waals surface area contributed by atoms with Gasteiger partial charge in [0.05, 0.1) is 4.90 Å². The maximum atomic E-state index is 12.8. The lowest BCUT2D eigenvalue weighted by molar-refractivity contribution is 0.201. The molecule has 21 heavy (non-hydrogen) atoms. The predicted molar refractivity (Wildman–Crippen MR) is 81.0 cm³/mol. The van der Waals surface area contributed by atoms with Crippen molar-refractivity contribution in [3.05, 3.63) is 30.1 Å². The van der Waals surface area contributed by atoms with E-state index in [1.54, 1.807) is 0 Å². The lowest BCUT2D eigenvalue weighted by Crippen LogP contribution is -2.38. The number of likely N-dealkylation sites (tertiary alicyclic amines) is 1. The first-order valence-corrected chi connectivity index (χ1v) is 8.93. The molecule has 1 aliphatic rings. The molecule has 0 aliphatic carbocycles. The average molecular weight is 314 g/mol. The largest absolute Gasteiger partial charge is 0.303 e. The average Bonchev–Trinajstić information content (AvgIpc) is 2.47. The second-order valence-corrected chi connectivity index (χ2v) is 7.54. The molecule has 1 atom stereocenters. The predicted octanol–water partition coefficient (Wildman–Crippen LogP) is 2.23. The van der Waals surface area contributed by atoms with Gasteiger partial charge >= 0.3 is 0 Å². The van der Waals surface area contributed by atoms with Crippen molar-refractivity contribution in [3.63, 3.8) is 0 Å². The molecule has 118 valence electrons. The van der Waals surface area contributed by atoms with Gasteiger partial charge in [-0.3, -0.25) is 0 Å². The van der Waals surface area contributed by atoms with Crippen LogP contribution in [0.4, 0.5) is 4.39 Å². The van der Waals surface area contributed by atoms with Gasteiger partial charge in [-0.15, -0.1) is 0 Å². The third kappa shape index (κ3) is 5.05. The maximum absolute atomic E-state index is 12.8. The molecule has 1 aliphatic heterocycles. The lowest BCUT2D eigenvalue weighted by Gasteiger charge is -2.29. The number of nitrogens with zero attached hydrogens (tertiary/aromatic N) is 1. The summed E-state index contributed by atoms with van der Waals surface area (Å²) < 4.78 is 39.6. The summed E-state index contributed by atoms with van der Waals surface area (Å²) in [6.45, 7) is 5.56. The number of nitrogens with one attached hydrogen (secondary N) is 1. The van der Waals surface area contributed by atoms with E-state index in [0.29, 0.717) is 6.54 Å². The molecule has 1 aromatic rings. The molecular weight excluding hydrogens is 291 g/mol. The number of rotatable bonds is 6. The van der Waals surface area contributed by atoms with E-state index in [4.69, 9.17) is 0 Å². The van der Waals surface area contributed by atoms with Crippen LogP contribution < -0.4 is 4.72 Å². The molecule has 1 unspecified atom stereocenters. The van der Waals surface area contributed by atoms with Crippen LogP contribution in [0.15, 0.2) is 29.2 Å². The summed E-state index contributed by atoms with van der Waals surface area (Å²) in [7, 11) is -3.55. The quantitative estimate of drug-likeness (QED) is 0.876. The first-order valence-electron chi connectivity index (χ1n) is 7.45. The Morgan fingerprint density at radius 2 is 1.81 bits per heavy atom. The van der Waals surface area contributed by atoms with Crippen LogP contribution in [0.25, 0.3) is 0 Å². The van der Waals surface area contributed by atoms with Gasteiger partial charge in [0, 0.05) is 13.1 Å². The van der Waals surface area contributed by atoms with Gasteiger partial charge in [-0.2, -0.15) is 0 Å². The Kier molecular flexibility index (Phi) is 5.72. The molecule has 1 fully saturated rings. The van der Waals surface area contributed by atoms with Crippen molar-refractivity contribution in [1.29, 1.82) is 0 Å². The topological polar surface area (TPSA) is 49.4 Å². The second-order valence-electron chi connectivity index (χ2n) is 5.77. The van der Waals surface area contributed by atoms with Gasteiger partial charge in [0.1, 0.15) is 5.82 Å². The van der Waals surface area contributed by atoms with Gasteiger partial charge in [0.25, 0.3) is 0 Å². The van der Waals surface area contributed by atoms with Crippen molar-refractivity contribution in [1.82, 2.24) is 9.62 Å². The van der Waals surface area contributed by atoms with Crippen molar-refractivity contribution in [2.45, 2.75) is 31.1 Å². The zero-order chi connectivity index (χ0) is 15.3. The fourth-order valence-electron chi connectivity index (χ4n) is 2.60. The Morgan fingerprint density at radius 1 is 1.19 bits per heavy atom. The molecule has 1 N–H and O–H groups in total. The standard InChI is InChI=1S/C15H23FN2O2S/c1-13(12-18-9-3-2-4-10-18)11-17-21(19,20)15-7-5-14(16)6-8-15/h5-8,13,17H,2-4,9-12H2,1H3. The van der Waals surface area contributed by atoms with E-state index in [9.17, 15) is 12.8 Å². The minimum atomic E-state index is -3.55. The maximum Gasteiger partial charge on any atom is 0.240 e. The van der Waals surface area contributed by atoms with E-state index in [2.05, 4.69) is 9.62 Å². The van der Waals surface area contributed by atoms with Crippen molar-refractivity contribution in [3.8, 4) is 0 Å². The summed E-state index contributed by atoms with van der Waals surface area (Å²) in [5.74, 6) is -0.189. The Labute approximate surface area is 126 Å². The molecule has 1 aromatic carbocycles. The van der Waals surface area contributed by atoms with Crippen LogP contribution in [-0.4, -0.2) is 39.5 Å². The van der Waals surface area contributed by atoms with Crippen LogP contribution in [0, 0.1) is 11.7 Å². The van der Waals surface area contributed by atoms with E-state index in [0.717, 1.165) is 31.8 Å². The first kappa shape index (κ1) is 16.4. The van der Waals surface area contributed by atoms with E-state index >= 15 is 0 Å². The van der Waals surface area contributed by atoms with E-state index < -0.39 is 15.8 Å². The van der Waals surface area contributed by atoms with Crippen LogP contribution >= 0.6 is 0 Å². The molecule has 1 heterocycles. The number of benzene rings is 1. The van der Waals surface area contributed by atoms with Crippen molar-refractivity contribution in [2.24, 2.45) is 5.92 Å². The fourth-order valence-corrected chi connectivity index (χ4v) is 3.76. The van der Waals surface area contributed by atoms with Gasteiger partial charge in [-0.1, -0.05) is 13.3 Å². The minimum absolute atomic E-state index is 0.106. The van der Waals surface area contributed by atoms with Gasteiger partial charge in [-0.05, 0) is 56.1 Å². The van der Waals surface area contributed by atoms with E-state index in [1.807, 2.05) is 6.92 Å². The molecule has 0 spiro atoms. The zero-order valence-corrected chi connectivity index (χ0v) is 13.2. The second kappa shape index (κ2) is 7.33. The van der Waals surface area contributed by atoms with Crippen molar-refractivity contribution in [2.75, 3.05) is 26.2 Å². The molecule has 0 radical (unpaired) electrons. The van der Waals surface area contributed by atoms with Crippen LogP contribution in [0.1, 0.15) is 26.2 Å². The summed E-state index contributed by atoms with van der Waals surface area (Å²) in [5.41, 5.74) is 0. The summed E-state index contributed by atoms with van der Waals surface area (Å²) in [5, 5.41) is 0. The Balaban J connectivity index is 1.84. The highest BCUT2D eigenvalue weighted by molar-refractivity contribution is 7.89. The van der Waals surface area contributed by atoms with E-state index in [-0.39, 0.29) is 10.8 Å². The highest BCUT2D eigenvalue weighted by atomic mass is 32.2.